The quantitative estimate of drug-likeness (QED) is 0.449. The molecular weight excluding hydrogens is 474 g/mol. The van der Waals surface area contributed by atoms with Gasteiger partial charge in [-0.2, -0.15) is 0 Å². The summed E-state index contributed by atoms with van der Waals surface area (Å²) in [5.74, 6) is 0.0186. The van der Waals surface area contributed by atoms with Gasteiger partial charge in [-0.05, 0) is 92.8 Å². The summed E-state index contributed by atoms with van der Waals surface area (Å²) in [6, 6.07) is 11.0. The molecule has 1 aliphatic carbocycles. The molecule has 37 heavy (non-hydrogen) atoms. The molecule has 2 aromatic carbocycles. The summed E-state index contributed by atoms with van der Waals surface area (Å²) >= 11 is 0. The number of aliphatic carboxylic acids is 1. The largest absolute Gasteiger partial charge is 0.492 e. The average molecular weight is 510 g/mol. The number of hydrogen-bond donors (Lipinski definition) is 3. The summed E-state index contributed by atoms with van der Waals surface area (Å²) in [6.45, 7) is 5.34. The fourth-order valence-corrected chi connectivity index (χ4v) is 5.01. The van der Waals surface area contributed by atoms with Crippen molar-refractivity contribution in [3.63, 3.8) is 0 Å². The Balaban J connectivity index is 1.29. The predicted octanol–water partition coefficient (Wildman–Crippen LogP) is 5.57. The first-order chi connectivity index (χ1) is 17.8. The number of nitrogens with one attached hydrogen (secondary N) is 2. The van der Waals surface area contributed by atoms with E-state index in [1.54, 1.807) is 4.90 Å². The standard InChI is InChI=1S/C28H35N3O6/c1-3-36-25-11-4-18(2)14-24(25)30-27(34)29-22-8-7-21-17-31(13-12-20(21)16-22)28(35)37-23-9-5-19(6-10-23)15-26(32)33/h4,7-8,11,14,16,19,23H,3,5-6,9-10,12-13,15,17H2,1-2H3,(H,32,33)(H2,29,30,34)/t19-,23-. The van der Waals surface area contributed by atoms with Crippen LogP contribution in [0.3, 0.4) is 0 Å². The van der Waals surface area contributed by atoms with E-state index in [1.807, 2.05) is 50.2 Å². The van der Waals surface area contributed by atoms with Crippen LogP contribution in [0.2, 0.25) is 0 Å². The maximum Gasteiger partial charge on any atom is 0.410 e. The zero-order valence-electron chi connectivity index (χ0n) is 21.4. The molecule has 0 atom stereocenters. The summed E-state index contributed by atoms with van der Waals surface area (Å²) < 4.78 is 11.3. The van der Waals surface area contributed by atoms with Gasteiger partial charge in [0.1, 0.15) is 11.9 Å². The smallest absolute Gasteiger partial charge is 0.410 e. The second-order valence-corrected chi connectivity index (χ2v) is 9.79. The van der Waals surface area contributed by atoms with Crippen LogP contribution < -0.4 is 15.4 Å². The monoisotopic (exact) mass is 509 g/mol. The van der Waals surface area contributed by atoms with Crippen LogP contribution in [0.25, 0.3) is 0 Å². The number of amides is 3. The second-order valence-electron chi connectivity index (χ2n) is 9.79. The highest BCUT2D eigenvalue weighted by Crippen LogP contribution is 2.30. The minimum Gasteiger partial charge on any atom is -0.492 e. The maximum absolute atomic E-state index is 12.8. The van der Waals surface area contributed by atoms with Crippen molar-refractivity contribution in [2.45, 2.75) is 65.0 Å². The van der Waals surface area contributed by atoms with Crippen molar-refractivity contribution >= 4 is 29.5 Å². The lowest BCUT2D eigenvalue weighted by Gasteiger charge is -2.32. The molecule has 0 spiro atoms. The van der Waals surface area contributed by atoms with E-state index in [-0.39, 0.29) is 30.6 Å². The third-order valence-corrected chi connectivity index (χ3v) is 6.94. The van der Waals surface area contributed by atoms with Crippen molar-refractivity contribution in [1.82, 2.24) is 4.90 Å². The molecule has 3 N–H and O–H groups in total. The van der Waals surface area contributed by atoms with E-state index in [4.69, 9.17) is 14.6 Å². The number of urea groups is 1. The number of benzene rings is 2. The first-order valence-corrected chi connectivity index (χ1v) is 12.9. The summed E-state index contributed by atoms with van der Waals surface area (Å²) in [6.07, 6.45) is 3.33. The van der Waals surface area contributed by atoms with E-state index in [0.29, 0.717) is 56.1 Å². The van der Waals surface area contributed by atoms with Gasteiger partial charge in [-0.15, -0.1) is 0 Å². The first kappa shape index (κ1) is 26.3. The molecule has 2 aliphatic rings. The fourth-order valence-electron chi connectivity index (χ4n) is 5.01. The number of nitrogens with zero attached hydrogens (tertiary/aromatic N) is 1. The third-order valence-electron chi connectivity index (χ3n) is 6.94. The molecule has 4 rings (SSSR count). The number of carboxylic acids is 1. The van der Waals surface area contributed by atoms with Gasteiger partial charge < -0.3 is 30.1 Å². The van der Waals surface area contributed by atoms with E-state index in [1.165, 1.54) is 0 Å². The summed E-state index contributed by atoms with van der Waals surface area (Å²) in [5, 5.41) is 14.7. The molecule has 9 heteroatoms. The number of aryl methyl sites for hydroxylation is 1. The molecule has 1 heterocycles. The highest BCUT2D eigenvalue weighted by molar-refractivity contribution is 6.00. The highest BCUT2D eigenvalue weighted by Gasteiger charge is 2.28. The number of fused-ring (bicyclic) bond motifs is 1. The van der Waals surface area contributed by atoms with E-state index >= 15 is 0 Å². The van der Waals surface area contributed by atoms with Crippen LogP contribution >= 0.6 is 0 Å². The third kappa shape index (κ3) is 7.15. The zero-order chi connectivity index (χ0) is 26.4. The minimum atomic E-state index is -0.770. The van der Waals surface area contributed by atoms with Crippen molar-refractivity contribution in [2.75, 3.05) is 23.8 Å². The molecule has 3 amide bonds. The molecule has 9 nitrogen and oxygen atoms in total. The van der Waals surface area contributed by atoms with Crippen LogP contribution in [0, 0.1) is 12.8 Å². The Morgan fingerprint density at radius 3 is 2.54 bits per heavy atom. The van der Waals surface area contributed by atoms with Gasteiger partial charge in [-0.25, -0.2) is 9.59 Å². The molecule has 1 fully saturated rings. The molecule has 0 bridgehead atoms. The van der Waals surface area contributed by atoms with Gasteiger partial charge in [-0.3, -0.25) is 4.79 Å². The SMILES string of the molecule is CCOc1ccc(C)cc1NC(=O)Nc1ccc2c(c1)CCN(C(=O)O[C@H]1CC[C@H](CC(=O)O)CC1)C2. The molecule has 0 radical (unpaired) electrons. The number of hydrogen-bond acceptors (Lipinski definition) is 5. The van der Waals surface area contributed by atoms with Crippen molar-refractivity contribution in [3.8, 4) is 5.75 Å². The van der Waals surface area contributed by atoms with Gasteiger partial charge in [0.2, 0.25) is 0 Å². The molecule has 198 valence electrons. The second kappa shape index (κ2) is 12.0. The van der Waals surface area contributed by atoms with Crippen molar-refractivity contribution in [2.24, 2.45) is 5.92 Å². The van der Waals surface area contributed by atoms with Crippen LogP contribution in [-0.2, 0) is 22.5 Å². The van der Waals surface area contributed by atoms with Gasteiger partial charge >= 0.3 is 18.1 Å². The Hall–Kier alpha value is -3.75. The van der Waals surface area contributed by atoms with Crippen LogP contribution in [0.5, 0.6) is 5.75 Å². The molecule has 0 saturated heterocycles. The molecule has 1 aliphatic heterocycles. The van der Waals surface area contributed by atoms with Crippen molar-refractivity contribution < 1.29 is 29.0 Å². The Bertz CT molecular complexity index is 1140. The molecule has 2 aromatic rings. The molecular formula is C28H35N3O6. The van der Waals surface area contributed by atoms with E-state index in [9.17, 15) is 14.4 Å². The lowest BCUT2D eigenvalue weighted by Crippen LogP contribution is -2.39. The van der Waals surface area contributed by atoms with E-state index in [2.05, 4.69) is 10.6 Å². The van der Waals surface area contributed by atoms with E-state index < -0.39 is 5.97 Å². The van der Waals surface area contributed by atoms with Gasteiger partial charge in [0.25, 0.3) is 0 Å². The number of ether oxygens (including phenoxy) is 2. The number of carboxylic acid groups (broad SMARTS) is 1. The van der Waals surface area contributed by atoms with Gasteiger partial charge in [0, 0.05) is 25.2 Å². The first-order valence-electron chi connectivity index (χ1n) is 12.9. The average Bonchev–Trinajstić information content (AvgIpc) is 2.86. The normalized spacial score (nSPS) is 18.9. The van der Waals surface area contributed by atoms with Crippen LogP contribution in [0.15, 0.2) is 36.4 Å². The Labute approximate surface area is 217 Å². The zero-order valence-corrected chi connectivity index (χ0v) is 21.4. The van der Waals surface area contributed by atoms with Gasteiger partial charge in [0.05, 0.1) is 12.3 Å². The Kier molecular flexibility index (Phi) is 8.53. The summed E-state index contributed by atoms with van der Waals surface area (Å²) in [5.41, 5.74) is 4.41. The van der Waals surface area contributed by atoms with Crippen molar-refractivity contribution in [3.05, 3.63) is 53.1 Å². The number of anilines is 2. The number of rotatable bonds is 7. The topological polar surface area (TPSA) is 117 Å². The lowest BCUT2D eigenvalue weighted by molar-refractivity contribution is -0.138. The summed E-state index contributed by atoms with van der Waals surface area (Å²) in [4.78, 5) is 38.0. The molecule has 0 unspecified atom stereocenters. The van der Waals surface area contributed by atoms with Gasteiger partial charge in [0.15, 0.2) is 0 Å². The van der Waals surface area contributed by atoms with Crippen molar-refractivity contribution in [1.29, 1.82) is 0 Å². The lowest BCUT2D eigenvalue weighted by atomic mass is 9.85. The number of carbonyl (C=O) groups is 3. The predicted molar refractivity (Wildman–Crippen MR) is 140 cm³/mol. The molecule has 1 saturated carbocycles. The Morgan fingerprint density at radius 2 is 1.81 bits per heavy atom. The fraction of sp³-hybridized carbons (Fsp3) is 0.464. The molecule has 0 aromatic heterocycles. The maximum atomic E-state index is 12.8. The minimum absolute atomic E-state index is 0.152. The van der Waals surface area contributed by atoms with Gasteiger partial charge in [-0.1, -0.05) is 12.1 Å². The van der Waals surface area contributed by atoms with E-state index in [0.717, 1.165) is 29.5 Å². The van der Waals surface area contributed by atoms with Crippen LogP contribution in [0.1, 0.15) is 55.7 Å². The number of carbonyl (C=O) groups excluding carboxylic acids is 2. The Morgan fingerprint density at radius 1 is 1.03 bits per heavy atom. The van der Waals surface area contributed by atoms with Crippen LogP contribution in [0.4, 0.5) is 21.0 Å². The summed E-state index contributed by atoms with van der Waals surface area (Å²) in [7, 11) is 0. The van der Waals surface area contributed by atoms with Crippen LogP contribution in [-0.4, -0.2) is 47.4 Å². The highest BCUT2D eigenvalue weighted by atomic mass is 16.6.